The Morgan fingerprint density at radius 1 is 1.60 bits per heavy atom. The highest BCUT2D eigenvalue weighted by Gasteiger charge is 2.02. The average molecular weight is 74.1 g/mol. The van der Waals surface area contributed by atoms with E-state index in [2.05, 4.69) is 6.92 Å². The molecule has 0 amide bonds. The Hall–Kier alpha value is -0.0700. The van der Waals surface area contributed by atoms with Crippen molar-refractivity contribution >= 4 is 0 Å². The van der Waals surface area contributed by atoms with E-state index in [0.29, 0.717) is 0 Å². The molecule has 0 saturated carbocycles. The van der Waals surface area contributed by atoms with Gasteiger partial charge in [0.15, 0.2) is 0 Å². The lowest BCUT2D eigenvalue weighted by Crippen LogP contribution is -2.02. The van der Waals surface area contributed by atoms with Crippen molar-refractivity contribution in [3.8, 4) is 0 Å². The van der Waals surface area contributed by atoms with Crippen LogP contribution in [0.4, 0.5) is 4.39 Å². The molecule has 0 atom stereocenters. The Balaban J connectivity index is 3.02. The van der Waals surface area contributed by atoms with Crippen LogP contribution in [0.2, 0.25) is 0 Å². The third-order valence-corrected chi connectivity index (χ3v) is 0. The second kappa shape index (κ2) is 0.959. The van der Waals surface area contributed by atoms with Gasteiger partial charge in [-0.25, -0.2) is 4.39 Å². The molecule has 0 aromatic carbocycles. The molecule has 0 aliphatic carbocycles. The fourth-order valence-electron chi connectivity index (χ4n) is 0. The van der Waals surface area contributed by atoms with Crippen molar-refractivity contribution in [2.24, 2.45) is 0 Å². The van der Waals surface area contributed by atoms with Gasteiger partial charge in [-0.3, -0.25) is 0 Å². The molecule has 0 spiro atoms. The summed E-state index contributed by atoms with van der Waals surface area (Å²) >= 11 is 0. The van der Waals surface area contributed by atoms with Gasteiger partial charge < -0.3 is 0 Å². The van der Waals surface area contributed by atoms with Crippen molar-refractivity contribution in [2.75, 3.05) is 0 Å². The number of alkyl halides is 1. The summed E-state index contributed by atoms with van der Waals surface area (Å²) in [5, 5.41) is 0. The molecule has 0 bridgehead atoms. The highest BCUT2D eigenvalue weighted by atomic mass is 19.1. The second-order valence-corrected chi connectivity index (χ2v) is 1.56. The smallest absolute Gasteiger partial charge is 0.109 e. The van der Waals surface area contributed by atoms with Crippen molar-refractivity contribution in [1.82, 2.24) is 0 Å². The van der Waals surface area contributed by atoms with E-state index < -0.39 is 5.67 Å². The molecular formula is C4H7F. The lowest BCUT2D eigenvalue weighted by molar-refractivity contribution is 0.283. The Morgan fingerprint density at radius 2 is 1.60 bits per heavy atom. The predicted octanol–water partition coefficient (Wildman–Crippen LogP) is 1.45. The normalized spacial score (nSPS) is 12.0. The Morgan fingerprint density at radius 3 is 1.60 bits per heavy atom. The van der Waals surface area contributed by atoms with Gasteiger partial charge in [0.2, 0.25) is 0 Å². The largest absolute Gasteiger partial charge is 0.244 e. The summed E-state index contributed by atoms with van der Waals surface area (Å²) in [6.07, 6.45) is 0. The van der Waals surface area contributed by atoms with Gasteiger partial charge in [0.05, 0.1) is 0 Å². The molecule has 0 aromatic heterocycles. The van der Waals surface area contributed by atoms with Gasteiger partial charge in [0, 0.05) is 6.92 Å². The molecule has 0 unspecified atom stereocenters. The van der Waals surface area contributed by atoms with Gasteiger partial charge in [-0.15, -0.1) is 0 Å². The first-order valence-electron chi connectivity index (χ1n) is 1.48. The van der Waals surface area contributed by atoms with Gasteiger partial charge in [0.25, 0.3) is 0 Å². The maximum Gasteiger partial charge on any atom is 0.109 e. The molecule has 0 heterocycles. The summed E-state index contributed by atoms with van der Waals surface area (Å²) in [6.45, 7) is 7.28. The van der Waals surface area contributed by atoms with Crippen molar-refractivity contribution in [1.29, 1.82) is 0 Å². The highest BCUT2D eigenvalue weighted by Crippen LogP contribution is 2.01. The topological polar surface area (TPSA) is 0 Å². The number of hydrogen-bond donors (Lipinski definition) is 0. The van der Waals surface area contributed by atoms with E-state index >= 15 is 0 Å². The van der Waals surface area contributed by atoms with E-state index in [9.17, 15) is 4.39 Å². The third-order valence-electron chi connectivity index (χ3n) is 0. The summed E-state index contributed by atoms with van der Waals surface area (Å²) in [7, 11) is 0. The van der Waals surface area contributed by atoms with Crippen LogP contribution in [0.5, 0.6) is 0 Å². The van der Waals surface area contributed by atoms with Crippen LogP contribution in [0.25, 0.3) is 0 Å². The Kier molecular flexibility index (Phi) is 0.946. The van der Waals surface area contributed by atoms with Crippen LogP contribution >= 0.6 is 0 Å². The highest BCUT2D eigenvalue weighted by molar-refractivity contribution is 4.65. The predicted molar refractivity (Wildman–Crippen MR) is 19.5 cm³/mol. The summed E-state index contributed by atoms with van der Waals surface area (Å²) in [5.74, 6) is 0. The minimum atomic E-state index is -1.50. The van der Waals surface area contributed by atoms with E-state index in [1.165, 1.54) is 13.8 Å². The maximum absolute atomic E-state index is 11.5. The quantitative estimate of drug-likeness (QED) is 0.408. The maximum atomic E-state index is 11.5. The van der Waals surface area contributed by atoms with Gasteiger partial charge in [-0.2, -0.15) is 0 Å². The average Bonchev–Trinajstić information content (AvgIpc) is 0.722. The third kappa shape index (κ3) is 2990. The molecule has 0 aromatic rings. The van der Waals surface area contributed by atoms with E-state index in [0.717, 1.165) is 0 Å². The van der Waals surface area contributed by atoms with Crippen molar-refractivity contribution in [3.63, 3.8) is 0 Å². The minimum absolute atomic E-state index is 1.30. The van der Waals surface area contributed by atoms with Crippen LogP contribution in [0.15, 0.2) is 0 Å². The molecule has 30 valence electrons. The summed E-state index contributed by atoms with van der Waals surface area (Å²) in [6, 6.07) is 0. The van der Waals surface area contributed by atoms with Crippen molar-refractivity contribution in [3.05, 3.63) is 6.92 Å². The first kappa shape index (κ1) is 4.93. The Labute approximate surface area is 32.0 Å². The number of hydrogen-bond acceptors (Lipinski definition) is 0. The molecule has 0 saturated heterocycles. The van der Waals surface area contributed by atoms with Crippen molar-refractivity contribution < 1.29 is 4.39 Å². The van der Waals surface area contributed by atoms with Gasteiger partial charge >= 0.3 is 0 Å². The molecular weight excluding hydrogens is 67.0 g/mol. The fourth-order valence-corrected chi connectivity index (χ4v) is 0. The monoisotopic (exact) mass is 74.1 g/mol. The summed E-state index contributed by atoms with van der Waals surface area (Å²) in [4.78, 5) is 0. The molecule has 0 nitrogen and oxygen atoms in total. The van der Waals surface area contributed by atoms with E-state index in [1.54, 1.807) is 0 Å². The van der Waals surface area contributed by atoms with Gasteiger partial charge in [-0.05, 0) is 13.8 Å². The first-order chi connectivity index (χ1) is 2.00. The Bertz CT molecular complexity index is 19.1. The molecule has 1 heteroatoms. The number of halogens is 1. The second-order valence-electron chi connectivity index (χ2n) is 1.56. The molecule has 0 aliphatic rings. The molecule has 0 N–H and O–H groups in total. The molecule has 0 aliphatic heterocycles. The van der Waals surface area contributed by atoms with Crippen LogP contribution in [-0.2, 0) is 0 Å². The zero-order valence-corrected chi connectivity index (χ0v) is 3.46. The summed E-state index contributed by atoms with van der Waals surface area (Å²) < 4.78 is 11.5. The fraction of sp³-hybridized carbons (Fsp3) is 0.750. The summed E-state index contributed by atoms with van der Waals surface area (Å²) in [5.41, 5.74) is -1.50. The van der Waals surface area contributed by atoms with E-state index in [4.69, 9.17) is 0 Å². The zero-order chi connectivity index (χ0) is 4.50. The molecule has 2 radical (unpaired) electrons. The van der Waals surface area contributed by atoms with Crippen LogP contribution in [-0.4, -0.2) is 5.67 Å². The van der Waals surface area contributed by atoms with Crippen LogP contribution in [0.1, 0.15) is 13.8 Å². The lowest BCUT2D eigenvalue weighted by Gasteiger charge is -1.99. The van der Waals surface area contributed by atoms with E-state index in [-0.39, 0.29) is 0 Å². The number of rotatable bonds is 0. The molecule has 5 heavy (non-hydrogen) atoms. The van der Waals surface area contributed by atoms with Gasteiger partial charge in [0.1, 0.15) is 5.67 Å². The molecule has 0 rings (SSSR count). The molecule has 0 fully saturated rings. The minimum Gasteiger partial charge on any atom is -0.244 e. The van der Waals surface area contributed by atoms with Crippen LogP contribution in [0, 0.1) is 6.92 Å². The SMILES string of the molecule is [CH]C(C)(C)F. The van der Waals surface area contributed by atoms with Gasteiger partial charge in [-0.1, -0.05) is 0 Å². The van der Waals surface area contributed by atoms with Crippen molar-refractivity contribution in [2.45, 2.75) is 19.5 Å². The lowest BCUT2D eigenvalue weighted by atomic mass is 10.2. The van der Waals surface area contributed by atoms with Crippen LogP contribution < -0.4 is 0 Å². The first-order valence-corrected chi connectivity index (χ1v) is 1.48. The van der Waals surface area contributed by atoms with Crippen LogP contribution in [0.3, 0.4) is 0 Å². The standard InChI is InChI=1S/C4H7F/c1-4(2,3)5/h1H,2-3H3. The zero-order valence-electron chi connectivity index (χ0n) is 3.46. The van der Waals surface area contributed by atoms with E-state index in [1.807, 2.05) is 0 Å².